The summed E-state index contributed by atoms with van der Waals surface area (Å²) in [5, 5.41) is 5.96. The van der Waals surface area contributed by atoms with Crippen LogP contribution in [-0.2, 0) is 6.54 Å². The molecule has 2 aromatic carbocycles. The van der Waals surface area contributed by atoms with E-state index in [4.69, 9.17) is 0 Å². The van der Waals surface area contributed by atoms with Gasteiger partial charge in [-0.1, -0.05) is 50.2 Å². The molecule has 0 bridgehead atoms. The van der Waals surface area contributed by atoms with Gasteiger partial charge >= 0.3 is 0 Å². The fraction of sp³-hybridized carbons (Fsp3) is 0.227. The normalized spacial score (nSPS) is 10.8. The second kappa shape index (κ2) is 8.61. The van der Waals surface area contributed by atoms with Gasteiger partial charge in [0.15, 0.2) is 0 Å². The van der Waals surface area contributed by atoms with Crippen molar-refractivity contribution in [2.45, 2.75) is 33.2 Å². The van der Waals surface area contributed by atoms with Gasteiger partial charge in [-0.3, -0.25) is 4.79 Å². The molecule has 144 valence electrons. The molecule has 1 amide bonds. The number of hydrogen-bond donors (Lipinski definition) is 2. The lowest BCUT2D eigenvalue weighted by Crippen LogP contribution is -2.17. The predicted octanol–water partition coefficient (Wildman–Crippen LogP) is 4.91. The smallest absolute Gasteiger partial charge is 0.275 e. The molecule has 28 heavy (non-hydrogen) atoms. The number of benzene rings is 2. The Bertz CT molecular complexity index is 971. The number of anilines is 2. The summed E-state index contributed by atoms with van der Waals surface area (Å²) >= 11 is 0. The van der Waals surface area contributed by atoms with Crippen molar-refractivity contribution in [1.29, 1.82) is 0 Å². The summed E-state index contributed by atoms with van der Waals surface area (Å²) in [6, 6.07) is 12.5. The third-order valence-electron chi connectivity index (χ3n) is 4.47. The molecule has 3 aromatic rings. The maximum Gasteiger partial charge on any atom is 0.275 e. The van der Waals surface area contributed by atoms with Gasteiger partial charge in [-0.25, -0.2) is 14.4 Å². The molecule has 5 nitrogen and oxygen atoms in total. The molecule has 0 aliphatic heterocycles. The summed E-state index contributed by atoms with van der Waals surface area (Å²) in [6.45, 7) is 6.41. The van der Waals surface area contributed by atoms with E-state index in [1.54, 1.807) is 18.2 Å². The van der Waals surface area contributed by atoms with Crippen LogP contribution in [0.25, 0.3) is 0 Å². The maximum absolute atomic E-state index is 13.7. The second-order valence-electron chi connectivity index (χ2n) is 6.88. The number of carbonyl (C=O) groups excluding carboxylic acids is 1. The molecule has 0 radical (unpaired) electrons. The number of halogens is 1. The van der Waals surface area contributed by atoms with Crippen LogP contribution in [0.2, 0.25) is 0 Å². The van der Waals surface area contributed by atoms with E-state index in [1.165, 1.54) is 18.5 Å². The number of hydrogen-bond acceptors (Lipinski definition) is 4. The molecule has 0 saturated heterocycles. The van der Waals surface area contributed by atoms with E-state index in [2.05, 4.69) is 34.4 Å². The number of nitrogens with one attached hydrogen (secondary N) is 2. The number of amides is 1. The number of para-hydroxylation sites is 1. The molecule has 0 unspecified atom stereocenters. The fourth-order valence-electron chi connectivity index (χ4n) is 2.88. The summed E-state index contributed by atoms with van der Waals surface area (Å²) in [4.78, 5) is 21.0. The van der Waals surface area contributed by atoms with E-state index in [1.807, 2.05) is 25.1 Å². The molecule has 1 aromatic heterocycles. The van der Waals surface area contributed by atoms with Crippen LogP contribution in [0.4, 0.5) is 15.9 Å². The molecular formula is C22H23FN4O. The van der Waals surface area contributed by atoms with Crippen molar-refractivity contribution in [3.63, 3.8) is 0 Å². The minimum absolute atomic E-state index is 0.217. The van der Waals surface area contributed by atoms with E-state index >= 15 is 0 Å². The molecule has 0 spiro atoms. The Labute approximate surface area is 164 Å². The van der Waals surface area contributed by atoms with Crippen molar-refractivity contribution < 1.29 is 9.18 Å². The van der Waals surface area contributed by atoms with Crippen LogP contribution in [0.5, 0.6) is 0 Å². The first-order valence-corrected chi connectivity index (χ1v) is 9.16. The van der Waals surface area contributed by atoms with Gasteiger partial charge < -0.3 is 10.6 Å². The SMILES string of the molecule is Cc1cccc(C(C)C)c1NC(=O)c1cnc(NCc2ccccc2F)cn1. The van der Waals surface area contributed by atoms with Gasteiger partial charge in [-0.05, 0) is 30.0 Å². The molecule has 0 aliphatic carbocycles. The zero-order chi connectivity index (χ0) is 20.1. The van der Waals surface area contributed by atoms with E-state index < -0.39 is 0 Å². The average Bonchev–Trinajstić information content (AvgIpc) is 2.69. The standard InChI is InChI=1S/C22H23FN4O/c1-14(2)17-9-6-7-15(3)21(17)27-22(28)19-12-26-20(13-24-19)25-11-16-8-4-5-10-18(16)23/h4-10,12-14H,11H2,1-3H3,(H,25,26)(H,27,28). The molecule has 0 saturated carbocycles. The molecular weight excluding hydrogens is 355 g/mol. The first-order valence-electron chi connectivity index (χ1n) is 9.16. The van der Waals surface area contributed by atoms with Gasteiger partial charge in [0, 0.05) is 17.8 Å². The Hall–Kier alpha value is -3.28. The summed E-state index contributed by atoms with van der Waals surface area (Å²) in [5.41, 5.74) is 3.63. The first-order chi connectivity index (χ1) is 13.5. The average molecular weight is 378 g/mol. The van der Waals surface area contributed by atoms with Crippen LogP contribution in [0, 0.1) is 12.7 Å². The van der Waals surface area contributed by atoms with Gasteiger partial charge in [0.25, 0.3) is 5.91 Å². The number of nitrogens with zero attached hydrogens (tertiary/aromatic N) is 2. The first kappa shape index (κ1) is 19.5. The minimum Gasteiger partial charge on any atom is -0.365 e. The zero-order valence-electron chi connectivity index (χ0n) is 16.2. The van der Waals surface area contributed by atoms with Crippen molar-refractivity contribution in [3.05, 3.63) is 83.1 Å². The van der Waals surface area contributed by atoms with Crippen molar-refractivity contribution in [2.24, 2.45) is 0 Å². The Morgan fingerprint density at radius 3 is 2.54 bits per heavy atom. The highest BCUT2D eigenvalue weighted by molar-refractivity contribution is 6.03. The third-order valence-corrected chi connectivity index (χ3v) is 4.47. The highest BCUT2D eigenvalue weighted by Gasteiger charge is 2.14. The highest BCUT2D eigenvalue weighted by atomic mass is 19.1. The summed E-state index contributed by atoms with van der Waals surface area (Å²) < 4.78 is 13.7. The van der Waals surface area contributed by atoms with Crippen LogP contribution in [-0.4, -0.2) is 15.9 Å². The molecule has 0 atom stereocenters. The van der Waals surface area contributed by atoms with Crippen LogP contribution in [0.3, 0.4) is 0 Å². The second-order valence-corrected chi connectivity index (χ2v) is 6.88. The molecule has 0 aliphatic rings. The van der Waals surface area contributed by atoms with Crippen molar-refractivity contribution in [3.8, 4) is 0 Å². The Kier molecular flexibility index (Phi) is 5.99. The van der Waals surface area contributed by atoms with E-state index in [0.29, 0.717) is 11.4 Å². The topological polar surface area (TPSA) is 66.9 Å². The van der Waals surface area contributed by atoms with Crippen molar-refractivity contribution >= 4 is 17.4 Å². The predicted molar refractivity (Wildman–Crippen MR) is 109 cm³/mol. The lowest BCUT2D eigenvalue weighted by Gasteiger charge is -2.16. The number of aromatic nitrogens is 2. The van der Waals surface area contributed by atoms with Gasteiger partial charge in [0.2, 0.25) is 0 Å². The Morgan fingerprint density at radius 1 is 1.07 bits per heavy atom. The number of aryl methyl sites for hydroxylation is 1. The zero-order valence-corrected chi connectivity index (χ0v) is 16.2. The van der Waals surface area contributed by atoms with E-state index in [-0.39, 0.29) is 29.9 Å². The molecule has 3 rings (SSSR count). The van der Waals surface area contributed by atoms with Gasteiger partial charge in [-0.2, -0.15) is 0 Å². The van der Waals surface area contributed by atoms with Gasteiger partial charge in [0.05, 0.1) is 12.4 Å². The molecule has 2 N–H and O–H groups in total. The van der Waals surface area contributed by atoms with Crippen LogP contribution in [0.15, 0.2) is 54.9 Å². The van der Waals surface area contributed by atoms with Crippen LogP contribution < -0.4 is 10.6 Å². The van der Waals surface area contributed by atoms with Crippen molar-refractivity contribution in [2.75, 3.05) is 10.6 Å². The summed E-state index contributed by atoms with van der Waals surface area (Å²) in [5.74, 6) is 0.160. The number of carbonyl (C=O) groups is 1. The lowest BCUT2D eigenvalue weighted by atomic mass is 9.98. The molecule has 1 heterocycles. The Balaban J connectivity index is 1.68. The molecule has 0 fully saturated rings. The van der Waals surface area contributed by atoms with Gasteiger partial charge in [-0.15, -0.1) is 0 Å². The van der Waals surface area contributed by atoms with Gasteiger partial charge in [0.1, 0.15) is 17.3 Å². The van der Waals surface area contributed by atoms with Crippen molar-refractivity contribution in [1.82, 2.24) is 9.97 Å². The fourth-order valence-corrected chi connectivity index (χ4v) is 2.88. The monoisotopic (exact) mass is 378 g/mol. The quantitative estimate of drug-likeness (QED) is 0.639. The highest BCUT2D eigenvalue weighted by Crippen LogP contribution is 2.27. The third kappa shape index (κ3) is 4.52. The minimum atomic E-state index is -0.315. The lowest BCUT2D eigenvalue weighted by molar-refractivity contribution is 0.102. The van der Waals surface area contributed by atoms with Crippen LogP contribution >= 0.6 is 0 Å². The maximum atomic E-state index is 13.7. The molecule has 6 heteroatoms. The summed E-state index contributed by atoms with van der Waals surface area (Å²) in [7, 11) is 0. The Morgan fingerprint density at radius 2 is 1.86 bits per heavy atom. The van der Waals surface area contributed by atoms with E-state index in [0.717, 1.165) is 16.8 Å². The van der Waals surface area contributed by atoms with Crippen LogP contribution in [0.1, 0.15) is 46.9 Å². The largest absolute Gasteiger partial charge is 0.365 e. The number of rotatable bonds is 6. The summed E-state index contributed by atoms with van der Waals surface area (Å²) in [6.07, 6.45) is 2.88. The van der Waals surface area contributed by atoms with E-state index in [9.17, 15) is 9.18 Å².